The van der Waals surface area contributed by atoms with Crippen molar-refractivity contribution >= 4 is 40.1 Å². The Bertz CT molecular complexity index is 948. The number of aliphatic imine (C=N–C) groups is 1. The fraction of sp³-hybridized carbons (Fsp3) is 0. The van der Waals surface area contributed by atoms with Crippen LogP contribution >= 0.6 is 15.9 Å². The summed E-state index contributed by atoms with van der Waals surface area (Å²) in [4.78, 5) is 17.1. The van der Waals surface area contributed by atoms with Crippen molar-refractivity contribution in [2.45, 2.75) is 0 Å². The number of benzene rings is 2. The van der Waals surface area contributed by atoms with E-state index in [4.69, 9.17) is 20.0 Å². The molecule has 27 heavy (non-hydrogen) atoms. The maximum Gasteiger partial charge on any atom is 0.322 e. The SMILES string of the molecule is Nc1ccccc1O/C=N/OC=Nc1ccc(Oc2nccc(Br)n2)cc1. The lowest BCUT2D eigenvalue weighted by Gasteiger charge is -2.03. The summed E-state index contributed by atoms with van der Waals surface area (Å²) in [6.45, 7) is 0. The first-order valence-corrected chi connectivity index (χ1v) is 8.48. The van der Waals surface area contributed by atoms with E-state index in [0.717, 1.165) is 6.40 Å². The van der Waals surface area contributed by atoms with Crippen molar-refractivity contribution in [1.82, 2.24) is 9.97 Å². The van der Waals surface area contributed by atoms with Crippen molar-refractivity contribution in [3.05, 3.63) is 65.4 Å². The van der Waals surface area contributed by atoms with E-state index in [1.165, 1.54) is 6.40 Å². The minimum Gasteiger partial charge on any atom is -0.440 e. The van der Waals surface area contributed by atoms with Gasteiger partial charge in [0.15, 0.2) is 5.75 Å². The summed E-state index contributed by atoms with van der Waals surface area (Å²) in [5.74, 6) is 1.08. The number of rotatable bonds is 7. The summed E-state index contributed by atoms with van der Waals surface area (Å²) in [7, 11) is 0. The summed E-state index contributed by atoms with van der Waals surface area (Å²) in [5.41, 5.74) is 6.89. The maximum atomic E-state index is 5.73. The highest BCUT2D eigenvalue weighted by atomic mass is 79.9. The number of hydrogen-bond donors (Lipinski definition) is 1. The highest BCUT2D eigenvalue weighted by Crippen LogP contribution is 2.22. The molecule has 0 saturated heterocycles. The van der Waals surface area contributed by atoms with Gasteiger partial charge in [0, 0.05) is 6.20 Å². The van der Waals surface area contributed by atoms with Crippen molar-refractivity contribution in [2.24, 2.45) is 10.1 Å². The van der Waals surface area contributed by atoms with Crippen molar-refractivity contribution in [2.75, 3.05) is 5.73 Å². The second-order valence-corrected chi connectivity index (χ2v) is 5.78. The second-order valence-electron chi connectivity index (χ2n) is 4.96. The molecule has 0 unspecified atom stereocenters. The summed E-state index contributed by atoms with van der Waals surface area (Å²) >= 11 is 3.26. The summed E-state index contributed by atoms with van der Waals surface area (Å²) in [6, 6.07) is 16.0. The van der Waals surface area contributed by atoms with Crippen LogP contribution in [0.1, 0.15) is 0 Å². The molecule has 136 valence electrons. The van der Waals surface area contributed by atoms with Crippen LogP contribution in [0.5, 0.6) is 17.5 Å². The fourth-order valence-corrected chi connectivity index (χ4v) is 2.15. The molecule has 0 fully saturated rings. The largest absolute Gasteiger partial charge is 0.440 e. The topological polar surface area (TPSA) is 104 Å². The number of anilines is 1. The molecule has 0 spiro atoms. The molecule has 0 atom stereocenters. The van der Waals surface area contributed by atoms with E-state index in [1.807, 2.05) is 6.07 Å². The molecule has 0 aliphatic heterocycles. The highest BCUT2D eigenvalue weighted by molar-refractivity contribution is 9.10. The molecule has 8 nitrogen and oxygen atoms in total. The fourth-order valence-electron chi connectivity index (χ4n) is 1.88. The van der Waals surface area contributed by atoms with Gasteiger partial charge in [0.2, 0.25) is 12.8 Å². The van der Waals surface area contributed by atoms with Crippen LogP contribution in [0.4, 0.5) is 11.4 Å². The van der Waals surface area contributed by atoms with Gasteiger partial charge in [-0.15, -0.1) is 0 Å². The summed E-state index contributed by atoms with van der Waals surface area (Å²) in [5, 5.41) is 3.61. The van der Waals surface area contributed by atoms with E-state index >= 15 is 0 Å². The lowest BCUT2D eigenvalue weighted by molar-refractivity contribution is 0.335. The third-order valence-corrected chi connectivity index (χ3v) is 3.54. The van der Waals surface area contributed by atoms with Crippen LogP contribution in [0, 0.1) is 0 Å². The Morgan fingerprint density at radius 2 is 1.81 bits per heavy atom. The Balaban J connectivity index is 1.48. The average molecular weight is 428 g/mol. The second kappa shape index (κ2) is 9.30. The number of ether oxygens (including phenoxy) is 2. The molecule has 9 heteroatoms. The van der Waals surface area contributed by atoms with Gasteiger partial charge in [-0.1, -0.05) is 12.1 Å². The molecule has 2 N–H and O–H groups in total. The average Bonchev–Trinajstić information content (AvgIpc) is 2.67. The number of halogens is 1. The molecule has 0 aliphatic carbocycles. The van der Waals surface area contributed by atoms with Gasteiger partial charge in [0.1, 0.15) is 10.4 Å². The van der Waals surface area contributed by atoms with Crippen molar-refractivity contribution in [1.29, 1.82) is 0 Å². The summed E-state index contributed by atoms with van der Waals surface area (Å²) in [6.07, 6.45) is 3.91. The molecule has 0 bridgehead atoms. The smallest absolute Gasteiger partial charge is 0.322 e. The minimum atomic E-state index is 0.248. The molecule has 3 aromatic rings. The van der Waals surface area contributed by atoms with E-state index in [0.29, 0.717) is 27.5 Å². The number of aromatic nitrogens is 2. The van der Waals surface area contributed by atoms with E-state index in [-0.39, 0.29) is 6.01 Å². The van der Waals surface area contributed by atoms with Crippen LogP contribution in [0.15, 0.2) is 75.5 Å². The van der Waals surface area contributed by atoms with Crippen LogP contribution in [0.25, 0.3) is 0 Å². The number of nitrogen functional groups attached to an aromatic ring is 1. The van der Waals surface area contributed by atoms with E-state index in [1.54, 1.807) is 54.7 Å². The van der Waals surface area contributed by atoms with Gasteiger partial charge in [-0.2, -0.15) is 4.98 Å². The van der Waals surface area contributed by atoms with Gasteiger partial charge in [-0.25, -0.2) is 9.98 Å². The molecule has 0 radical (unpaired) electrons. The maximum absolute atomic E-state index is 5.73. The first-order valence-electron chi connectivity index (χ1n) is 7.68. The number of nitrogens with zero attached hydrogens (tertiary/aromatic N) is 4. The molecular formula is C18H14BrN5O3. The van der Waals surface area contributed by atoms with E-state index in [2.05, 4.69) is 36.0 Å². The highest BCUT2D eigenvalue weighted by Gasteiger charge is 2.01. The molecule has 2 aromatic carbocycles. The van der Waals surface area contributed by atoms with Gasteiger partial charge in [-0.3, -0.25) is 0 Å². The first kappa shape index (κ1) is 18.3. The standard InChI is InChI=1S/C18H14BrN5O3/c19-17-9-10-21-18(24-17)27-14-7-5-13(6-8-14)22-11-26-23-12-25-16-4-2-1-3-15(16)20/h1-12H,20H2/b22-11?,23-12+. The molecule has 0 aliphatic rings. The molecule has 1 aromatic heterocycles. The van der Waals surface area contributed by atoms with Gasteiger partial charge in [-0.05, 0) is 63.6 Å². The normalized spacial score (nSPS) is 11.0. The van der Waals surface area contributed by atoms with Gasteiger partial charge in [0.05, 0.1) is 11.4 Å². The molecular weight excluding hydrogens is 414 g/mol. The van der Waals surface area contributed by atoms with E-state index in [9.17, 15) is 0 Å². The van der Waals surface area contributed by atoms with Gasteiger partial charge in [0.25, 0.3) is 0 Å². The van der Waals surface area contributed by atoms with E-state index < -0.39 is 0 Å². The summed E-state index contributed by atoms with van der Waals surface area (Å²) < 4.78 is 11.4. The predicted octanol–water partition coefficient (Wildman–Crippen LogP) is 4.31. The Kier molecular flexibility index (Phi) is 6.31. The third kappa shape index (κ3) is 5.79. The third-order valence-electron chi connectivity index (χ3n) is 3.10. The first-order chi connectivity index (χ1) is 13.2. The molecule has 3 rings (SSSR count). The van der Waals surface area contributed by atoms with Crippen molar-refractivity contribution < 1.29 is 14.3 Å². The zero-order valence-corrected chi connectivity index (χ0v) is 15.5. The van der Waals surface area contributed by atoms with Crippen molar-refractivity contribution in [3.8, 4) is 17.5 Å². The molecule has 1 heterocycles. The van der Waals surface area contributed by atoms with Crippen LogP contribution < -0.4 is 15.2 Å². The monoisotopic (exact) mass is 427 g/mol. The zero-order valence-electron chi connectivity index (χ0n) is 13.9. The zero-order chi connectivity index (χ0) is 18.9. The Hall–Kier alpha value is -3.46. The van der Waals surface area contributed by atoms with Crippen molar-refractivity contribution in [3.63, 3.8) is 0 Å². The van der Waals surface area contributed by atoms with Crippen LogP contribution in [0.3, 0.4) is 0 Å². The lowest BCUT2D eigenvalue weighted by atomic mass is 10.3. The lowest BCUT2D eigenvalue weighted by Crippen LogP contribution is -1.95. The Morgan fingerprint density at radius 3 is 2.59 bits per heavy atom. The minimum absolute atomic E-state index is 0.248. The van der Waals surface area contributed by atoms with Crippen LogP contribution in [0.2, 0.25) is 0 Å². The Morgan fingerprint density at radius 1 is 1.00 bits per heavy atom. The predicted molar refractivity (Wildman–Crippen MR) is 105 cm³/mol. The molecule has 0 amide bonds. The quantitative estimate of drug-likeness (QED) is 0.198. The number of hydrogen-bond acceptors (Lipinski definition) is 8. The van der Waals surface area contributed by atoms with Gasteiger partial charge < -0.3 is 20.0 Å². The molecule has 0 saturated carbocycles. The van der Waals surface area contributed by atoms with Gasteiger partial charge >= 0.3 is 6.01 Å². The number of oxime groups is 1. The van der Waals surface area contributed by atoms with Crippen LogP contribution in [-0.2, 0) is 4.84 Å². The van der Waals surface area contributed by atoms with Crippen LogP contribution in [-0.4, -0.2) is 22.8 Å². The number of para-hydroxylation sites is 2. The number of nitrogens with two attached hydrogens (primary N) is 1. The Labute approximate surface area is 163 Å².